The molecule has 0 saturated carbocycles. The van der Waals surface area contributed by atoms with E-state index < -0.39 is 0 Å². The van der Waals surface area contributed by atoms with Gasteiger partial charge >= 0.3 is 0 Å². The van der Waals surface area contributed by atoms with Gasteiger partial charge in [0.05, 0.1) is 5.92 Å². The van der Waals surface area contributed by atoms with Crippen molar-refractivity contribution < 1.29 is 4.79 Å². The Bertz CT molecular complexity index is 478. The highest BCUT2D eigenvalue weighted by Crippen LogP contribution is 2.26. The lowest BCUT2D eigenvalue weighted by atomic mass is 9.92. The van der Waals surface area contributed by atoms with Crippen LogP contribution in [0.2, 0.25) is 5.02 Å². The first kappa shape index (κ1) is 14.2. The fourth-order valence-electron chi connectivity index (χ4n) is 2.56. The van der Waals surface area contributed by atoms with E-state index in [0.717, 1.165) is 24.1 Å². The Morgan fingerprint density at radius 2 is 2.21 bits per heavy atom. The van der Waals surface area contributed by atoms with Crippen LogP contribution in [0.4, 0.5) is 5.69 Å². The summed E-state index contributed by atoms with van der Waals surface area (Å²) in [5, 5.41) is 0.681. The molecule has 19 heavy (non-hydrogen) atoms. The molecule has 4 N–H and O–H groups in total. The van der Waals surface area contributed by atoms with Crippen LogP contribution >= 0.6 is 11.6 Å². The molecule has 1 amide bonds. The number of halogens is 1. The predicted molar refractivity (Wildman–Crippen MR) is 77.7 cm³/mol. The summed E-state index contributed by atoms with van der Waals surface area (Å²) in [5.41, 5.74) is 13.1. The number of anilines is 1. The Hall–Kier alpha value is -1.26. The molecule has 104 valence electrons. The average Bonchev–Trinajstić information content (AvgIpc) is 2.36. The van der Waals surface area contributed by atoms with Crippen LogP contribution < -0.4 is 11.5 Å². The van der Waals surface area contributed by atoms with Gasteiger partial charge in [-0.25, -0.2) is 0 Å². The normalized spacial score (nSPS) is 24.3. The summed E-state index contributed by atoms with van der Waals surface area (Å²) >= 11 is 6.00. The Balaban J connectivity index is 2.12. The Labute approximate surface area is 118 Å². The maximum absolute atomic E-state index is 11.3. The smallest absolute Gasteiger partial charge is 0.221 e. The quantitative estimate of drug-likeness (QED) is 0.833. The maximum Gasteiger partial charge on any atom is 0.221 e. The molecule has 1 saturated heterocycles. The number of hydrogen-bond acceptors (Lipinski definition) is 3. The van der Waals surface area contributed by atoms with Crippen molar-refractivity contribution in [3.8, 4) is 0 Å². The van der Waals surface area contributed by atoms with Gasteiger partial charge in [0.25, 0.3) is 0 Å². The fraction of sp³-hybridized carbons (Fsp3) is 0.500. The zero-order valence-corrected chi connectivity index (χ0v) is 11.9. The minimum absolute atomic E-state index is 0.0587. The highest BCUT2D eigenvalue weighted by atomic mass is 35.5. The lowest BCUT2D eigenvalue weighted by molar-refractivity contribution is -0.124. The van der Waals surface area contributed by atoms with Crippen LogP contribution in [0, 0.1) is 5.92 Å². The molecule has 5 heteroatoms. The number of nitrogen functional groups attached to an aromatic ring is 1. The van der Waals surface area contributed by atoms with Crippen LogP contribution in [0.3, 0.4) is 0 Å². The molecule has 1 fully saturated rings. The highest BCUT2D eigenvalue weighted by Gasteiger charge is 2.28. The Morgan fingerprint density at radius 1 is 1.47 bits per heavy atom. The van der Waals surface area contributed by atoms with Crippen molar-refractivity contribution in [2.24, 2.45) is 11.7 Å². The molecule has 2 atom stereocenters. The van der Waals surface area contributed by atoms with Gasteiger partial charge in [0.2, 0.25) is 5.91 Å². The number of carbonyl (C=O) groups excluding carboxylic acids is 1. The molecule has 0 spiro atoms. The zero-order valence-electron chi connectivity index (χ0n) is 11.1. The SMILES string of the molecule is CC1CCC(C(N)=O)CN1Cc1cc(Cl)ccc1N. The topological polar surface area (TPSA) is 72.4 Å². The van der Waals surface area contributed by atoms with E-state index in [-0.39, 0.29) is 11.8 Å². The fourth-order valence-corrected chi connectivity index (χ4v) is 2.76. The van der Waals surface area contributed by atoms with E-state index in [2.05, 4.69) is 11.8 Å². The van der Waals surface area contributed by atoms with Gasteiger partial charge in [0.1, 0.15) is 0 Å². The third-order valence-corrected chi connectivity index (χ3v) is 4.13. The zero-order chi connectivity index (χ0) is 14.0. The van der Waals surface area contributed by atoms with Crippen molar-refractivity contribution in [2.45, 2.75) is 32.4 Å². The maximum atomic E-state index is 11.3. The number of likely N-dealkylation sites (tertiary alicyclic amines) is 1. The van der Waals surface area contributed by atoms with Crippen LogP contribution in [0.15, 0.2) is 18.2 Å². The number of piperidine rings is 1. The predicted octanol–water partition coefficient (Wildman–Crippen LogP) is 2.01. The number of primary amides is 1. The second-order valence-electron chi connectivity index (χ2n) is 5.30. The van der Waals surface area contributed by atoms with Crippen molar-refractivity contribution >= 4 is 23.2 Å². The molecule has 1 aliphatic heterocycles. The van der Waals surface area contributed by atoms with E-state index in [0.29, 0.717) is 24.2 Å². The van der Waals surface area contributed by atoms with Crippen molar-refractivity contribution in [1.82, 2.24) is 4.90 Å². The van der Waals surface area contributed by atoms with Crippen LogP contribution in [0.1, 0.15) is 25.3 Å². The Kier molecular flexibility index (Phi) is 4.32. The number of carbonyl (C=O) groups is 1. The number of nitrogens with two attached hydrogens (primary N) is 2. The Morgan fingerprint density at radius 3 is 2.89 bits per heavy atom. The molecule has 1 aliphatic rings. The monoisotopic (exact) mass is 281 g/mol. The molecule has 0 radical (unpaired) electrons. The molecule has 0 bridgehead atoms. The lowest BCUT2D eigenvalue weighted by Gasteiger charge is -2.37. The summed E-state index contributed by atoms with van der Waals surface area (Å²) in [6.07, 6.45) is 1.85. The van der Waals surface area contributed by atoms with Gasteiger partial charge < -0.3 is 11.5 Å². The van der Waals surface area contributed by atoms with E-state index in [1.165, 1.54) is 0 Å². The van der Waals surface area contributed by atoms with Gasteiger partial charge in [-0.15, -0.1) is 0 Å². The standard InChI is InChI=1S/C14H20ClN3O/c1-9-2-3-10(14(17)19)7-18(9)8-11-6-12(15)4-5-13(11)16/h4-6,9-10H,2-3,7-8,16H2,1H3,(H2,17,19). The first-order chi connectivity index (χ1) is 8.97. The summed E-state index contributed by atoms with van der Waals surface area (Å²) in [4.78, 5) is 13.6. The summed E-state index contributed by atoms with van der Waals surface area (Å²) < 4.78 is 0. The first-order valence-electron chi connectivity index (χ1n) is 6.54. The summed E-state index contributed by atoms with van der Waals surface area (Å²) in [7, 11) is 0. The number of benzene rings is 1. The van der Waals surface area contributed by atoms with Crippen molar-refractivity contribution in [1.29, 1.82) is 0 Å². The second-order valence-corrected chi connectivity index (χ2v) is 5.73. The molecular formula is C14H20ClN3O. The summed E-state index contributed by atoms with van der Waals surface area (Å²) in [5.74, 6) is -0.271. The average molecular weight is 282 g/mol. The van der Waals surface area contributed by atoms with Crippen molar-refractivity contribution in [2.75, 3.05) is 12.3 Å². The molecule has 1 aromatic rings. The first-order valence-corrected chi connectivity index (χ1v) is 6.92. The van der Waals surface area contributed by atoms with E-state index >= 15 is 0 Å². The number of rotatable bonds is 3. The van der Waals surface area contributed by atoms with Gasteiger partial charge in [-0.05, 0) is 43.5 Å². The van der Waals surface area contributed by atoms with E-state index in [9.17, 15) is 4.79 Å². The summed E-state index contributed by atoms with van der Waals surface area (Å²) in [6.45, 7) is 3.57. The third kappa shape index (κ3) is 3.39. The number of hydrogen-bond donors (Lipinski definition) is 2. The summed E-state index contributed by atoms with van der Waals surface area (Å²) in [6, 6.07) is 5.91. The molecule has 0 aromatic heterocycles. The number of amides is 1. The van der Waals surface area contributed by atoms with Gasteiger partial charge in [0.15, 0.2) is 0 Å². The molecule has 1 heterocycles. The molecule has 1 aromatic carbocycles. The van der Waals surface area contributed by atoms with Crippen molar-refractivity contribution in [3.05, 3.63) is 28.8 Å². The molecule has 2 unspecified atom stereocenters. The van der Waals surface area contributed by atoms with Gasteiger partial charge in [-0.3, -0.25) is 9.69 Å². The van der Waals surface area contributed by atoms with E-state index in [1.54, 1.807) is 6.07 Å². The van der Waals surface area contributed by atoms with Gasteiger partial charge in [0, 0.05) is 29.8 Å². The lowest BCUT2D eigenvalue weighted by Crippen LogP contribution is -2.45. The molecule has 4 nitrogen and oxygen atoms in total. The third-order valence-electron chi connectivity index (χ3n) is 3.89. The van der Waals surface area contributed by atoms with Crippen LogP contribution in [-0.4, -0.2) is 23.4 Å². The van der Waals surface area contributed by atoms with E-state index in [4.69, 9.17) is 23.1 Å². The van der Waals surface area contributed by atoms with E-state index in [1.807, 2.05) is 12.1 Å². The molecule has 2 rings (SSSR count). The van der Waals surface area contributed by atoms with Crippen LogP contribution in [0.5, 0.6) is 0 Å². The molecular weight excluding hydrogens is 262 g/mol. The van der Waals surface area contributed by atoms with Crippen LogP contribution in [-0.2, 0) is 11.3 Å². The second kappa shape index (κ2) is 5.80. The van der Waals surface area contributed by atoms with Crippen molar-refractivity contribution in [3.63, 3.8) is 0 Å². The molecule has 0 aliphatic carbocycles. The minimum atomic E-state index is -0.212. The number of nitrogens with zero attached hydrogens (tertiary/aromatic N) is 1. The minimum Gasteiger partial charge on any atom is -0.398 e. The highest BCUT2D eigenvalue weighted by molar-refractivity contribution is 6.30. The van der Waals surface area contributed by atoms with Gasteiger partial charge in [-0.1, -0.05) is 11.6 Å². The van der Waals surface area contributed by atoms with Gasteiger partial charge in [-0.2, -0.15) is 0 Å². The van der Waals surface area contributed by atoms with Crippen LogP contribution in [0.25, 0.3) is 0 Å². The largest absolute Gasteiger partial charge is 0.398 e.